The Hall–Kier alpha value is -4.87. The number of phenols is 1. The molecule has 0 amide bonds. The lowest BCUT2D eigenvalue weighted by Crippen LogP contribution is -3.05. The minimum absolute atomic E-state index is 0.0662. The van der Waals surface area contributed by atoms with E-state index in [9.17, 15) is 14.7 Å². The Labute approximate surface area is 342 Å². The van der Waals surface area contributed by atoms with E-state index in [1.807, 2.05) is 38.4 Å². The van der Waals surface area contributed by atoms with Gasteiger partial charge in [-0.15, -0.1) is 0 Å². The van der Waals surface area contributed by atoms with Crippen molar-refractivity contribution in [3.63, 3.8) is 0 Å². The molecular formula is C42H46N7O7S2+. The number of ether oxygens (including phenoxy) is 3. The Morgan fingerprint density at radius 3 is 2.78 bits per heavy atom. The minimum Gasteiger partial charge on any atom is -0.507 e. The van der Waals surface area contributed by atoms with Crippen LogP contribution < -0.4 is 31.8 Å². The van der Waals surface area contributed by atoms with Crippen LogP contribution in [0.15, 0.2) is 68.6 Å². The van der Waals surface area contributed by atoms with E-state index in [2.05, 4.69) is 22.6 Å². The molecular weight excluding hydrogens is 779 g/mol. The first-order chi connectivity index (χ1) is 27.9. The second-order valence-electron chi connectivity index (χ2n) is 15.8. The van der Waals surface area contributed by atoms with Crippen molar-refractivity contribution in [1.82, 2.24) is 15.3 Å². The summed E-state index contributed by atoms with van der Waals surface area (Å²) in [4.78, 5) is 42.8. The molecule has 302 valence electrons. The van der Waals surface area contributed by atoms with Gasteiger partial charge in [0, 0.05) is 65.8 Å². The van der Waals surface area contributed by atoms with Crippen molar-refractivity contribution in [3.05, 3.63) is 92.7 Å². The molecule has 0 spiro atoms. The summed E-state index contributed by atoms with van der Waals surface area (Å²) < 4.78 is 25.3. The van der Waals surface area contributed by atoms with Crippen molar-refractivity contribution in [2.24, 2.45) is 4.99 Å². The third kappa shape index (κ3) is 7.14. The van der Waals surface area contributed by atoms with Crippen LogP contribution in [0.5, 0.6) is 11.5 Å². The van der Waals surface area contributed by atoms with Crippen LogP contribution in [-0.2, 0) is 39.4 Å². The number of esters is 1. The van der Waals surface area contributed by atoms with E-state index in [1.54, 1.807) is 34.6 Å². The zero-order chi connectivity index (χ0) is 40.3. The highest BCUT2D eigenvalue weighted by Gasteiger charge is 2.63. The van der Waals surface area contributed by atoms with Gasteiger partial charge >= 0.3 is 5.97 Å². The van der Waals surface area contributed by atoms with Gasteiger partial charge in [0.2, 0.25) is 0 Å². The Morgan fingerprint density at radius 2 is 1.95 bits per heavy atom. The van der Waals surface area contributed by atoms with E-state index >= 15 is 0 Å². The smallest absolute Gasteiger partial charge is 0.341 e. The fourth-order valence-electron chi connectivity index (χ4n) is 8.58. The average molecular weight is 825 g/mol. The zero-order valence-corrected chi connectivity index (χ0v) is 34.2. The molecule has 5 atom stereocenters. The van der Waals surface area contributed by atoms with Crippen molar-refractivity contribution < 1.29 is 33.4 Å². The minimum atomic E-state index is -1.17. The Bertz CT molecular complexity index is 2510. The number of hydrogen-bond acceptors (Lipinski definition) is 15. The molecule has 58 heavy (non-hydrogen) atoms. The van der Waals surface area contributed by atoms with Gasteiger partial charge in [0.15, 0.2) is 11.0 Å². The van der Waals surface area contributed by atoms with Gasteiger partial charge in [-0.2, -0.15) is 0 Å². The Balaban J connectivity index is 1.06. The predicted molar refractivity (Wildman–Crippen MR) is 225 cm³/mol. The van der Waals surface area contributed by atoms with Gasteiger partial charge in [0.25, 0.3) is 0 Å². The van der Waals surface area contributed by atoms with Crippen molar-refractivity contribution >= 4 is 55.9 Å². The van der Waals surface area contributed by atoms with Gasteiger partial charge in [0.1, 0.15) is 76.6 Å². The van der Waals surface area contributed by atoms with Gasteiger partial charge in [-0.05, 0) is 70.1 Å². The van der Waals surface area contributed by atoms with Crippen molar-refractivity contribution in [2.45, 2.75) is 81.7 Å². The van der Waals surface area contributed by atoms with Gasteiger partial charge in [-0.3, -0.25) is 14.7 Å². The highest BCUT2D eigenvalue weighted by molar-refractivity contribution is 8.76. The maximum atomic E-state index is 14.4. The molecule has 5 aliphatic rings. The largest absolute Gasteiger partial charge is 0.507 e. The fraction of sp³-hybridized carbons (Fsp3) is 0.405. The SMILES string of the molecule is CNCCC12OC1CCc1cc(N)nc(c1)-c1cc(C[NH+]3C=C4C=CN=C4C3)nc(N)c1CSSCCC1(C)Oc3cc4oc(C)cc(=O)c4c(O)c3CC1OC2=O. The van der Waals surface area contributed by atoms with Gasteiger partial charge in [-0.1, -0.05) is 21.6 Å². The molecule has 16 heteroatoms. The van der Waals surface area contributed by atoms with Crippen LogP contribution >= 0.6 is 21.6 Å². The predicted octanol–water partition coefficient (Wildman–Crippen LogP) is 3.95. The number of epoxide rings is 1. The van der Waals surface area contributed by atoms with Crippen LogP contribution in [0.4, 0.5) is 11.6 Å². The van der Waals surface area contributed by atoms with Crippen LogP contribution in [0, 0.1) is 6.92 Å². The number of rotatable bonds is 5. The summed E-state index contributed by atoms with van der Waals surface area (Å²) in [5, 5.41) is 14.7. The number of anilines is 2. The summed E-state index contributed by atoms with van der Waals surface area (Å²) in [7, 11) is 5.12. The van der Waals surface area contributed by atoms with Gasteiger partial charge in [0.05, 0.1) is 23.1 Å². The molecule has 1 aromatic carbocycles. The van der Waals surface area contributed by atoms with Gasteiger partial charge in [-0.25, -0.2) is 14.8 Å². The summed E-state index contributed by atoms with van der Waals surface area (Å²) in [6.45, 7) is 5.55. The number of benzene rings is 1. The molecule has 3 aromatic heterocycles. The Morgan fingerprint density at radius 1 is 1.09 bits per heavy atom. The van der Waals surface area contributed by atoms with Crippen LogP contribution in [0.2, 0.25) is 0 Å². The zero-order valence-electron chi connectivity index (χ0n) is 32.6. The molecule has 1 fully saturated rings. The van der Waals surface area contributed by atoms with Crippen molar-refractivity contribution in [2.75, 3.05) is 37.4 Å². The number of nitrogens with zero attached hydrogens (tertiary/aromatic N) is 3. The number of aromatic hydroxyl groups is 1. The van der Waals surface area contributed by atoms with E-state index in [4.69, 9.17) is 40.1 Å². The van der Waals surface area contributed by atoms with E-state index in [0.29, 0.717) is 79.0 Å². The van der Waals surface area contributed by atoms with Gasteiger partial charge < -0.3 is 40.5 Å². The molecule has 0 radical (unpaired) electrons. The monoisotopic (exact) mass is 824 g/mol. The molecule has 0 saturated carbocycles. The maximum absolute atomic E-state index is 14.4. The van der Waals surface area contributed by atoms with Crippen molar-refractivity contribution in [3.8, 4) is 22.8 Å². The molecule has 8 heterocycles. The number of carbonyl (C=O) groups is 1. The fourth-order valence-corrected chi connectivity index (χ4v) is 10.9. The number of nitrogens with two attached hydrogens (primary N) is 2. The number of allylic oxidation sites excluding steroid dienone is 1. The quantitative estimate of drug-likeness (QED) is 0.110. The van der Waals surface area contributed by atoms with E-state index in [1.165, 1.54) is 11.0 Å². The topological polar surface area (TPSA) is 205 Å². The first kappa shape index (κ1) is 38.6. The number of nitrogen functional groups attached to an aromatic ring is 2. The maximum Gasteiger partial charge on any atom is 0.341 e. The third-order valence-corrected chi connectivity index (χ3v) is 14.1. The summed E-state index contributed by atoms with van der Waals surface area (Å²) in [6.07, 6.45) is 6.99. The Kier molecular flexibility index (Phi) is 10.0. The molecule has 9 rings (SSSR count). The third-order valence-electron chi connectivity index (χ3n) is 11.8. The van der Waals surface area contributed by atoms with E-state index in [0.717, 1.165) is 45.9 Å². The van der Waals surface area contributed by atoms with Crippen LogP contribution in [0.25, 0.3) is 22.2 Å². The number of hydrogen-bond donors (Lipinski definition) is 5. The number of aliphatic imine (C=N–C) groups is 1. The molecule has 14 nitrogen and oxygen atoms in total. The molecule has 2 bridgehead atoms. The molecule has 1 saturated heterocycles. The number of aryl methyl sites for hydroxylation is 2. The first-order valence-corrected chi connectivity index (χ1v) is 22.0. The van der Waals surface area contributed by atoms with Crippen molar-refractivity contribution in [1.29, 1.82) is 0 Å². The number of phenolic OH excluding ortho intramolecular Hbond substituents is 1. The molecule has 4 aromatic rings. The second-order valence-corrected chi connectivity index (χ2v) is 18.4. The molecule has 0 aliphatic carbocycles. The highest BCUT2D eigenvalue weighted by atomic mass is 33.1. The molecule has 5 unspecified atom stereocenters. The van der Waals surface area contributed by atoms with E-state index < -0.39 is 29.4 Å². The number of pyridine rings is 2. The molecule has 5 aliphatic heterocycles. The van der Waals surface area contributed by atoms with Crippen LogP contribution in [0.3, 0.4) is 0 Å². The lowest BCUT2D eigenvalue weighted by molar-refractivity contribution is -0.848. The summed E-state index contributed by atoms with van der Waals surface area (Å²) in [6, 6.07) is 8.99. The highest BCUT2D eigenvalue weighted by Crippen LogP contribution is 2.48. The summed E-state index contributed by atoms with van der Waals surface area (Å²) in [5.74, 6) is 2.10. The number of aromatic nitrogens is 2. The number of quaternary nitrogens is 1. The summed E-state index contributed by atoms with van der Waals surface area (Å²) in [5.41, 5.74) is 17.9. The van der Waals surface area contributed by atoms with Crippen LogP contribution in [-0.4, -0.2) is 76.1 Å². The second kappa shape index (κ2) is 15.1. The lowest BCUT2D eigenvalue weighted by atomic mass is 9.86. The summed E-state index contributed by atoms with van der Waals surface area (Å²) >= 11 is 0. The number of fused-ring (bicyclic) bond motifs is 9. The number of nitrogens with one attached hydrogen (secondary N) is 2. The number of carbonyl (C=O) groups excluding carboxylic acids is 1. The first-order valence-electron chi connectivity index (χ1n) is 19.5. The lowest BCUT2D eigenvalue weighted by Gasteiger charge is -2.42. The standard InChI is InChI=1S/C42H45N7O7S2/c1-22-12-31(50)37-33(53-22)17-32-27(38(37)51)16-35-41(2,55-32)8-11-57-58-21-28-26(15-25(47-39(28)44)19-49-18-24-6-9-46-30(24)20-49)29-13-23(14-36(43)48-29)4-5-34-42(56-34,7-10-45-3)40(52)54-35/h6,9,12-15,17-18,34-35,45,51H,4-5,7-8,10-11,16,19-21H2,1-3H3,(H2,43,48)(H2,44,47)/p+1. The average Bonchev–Trinajstić information content (AvgIpc) is 3.49. The van der Waals surface area contributed by atoms with Crippen LogP contribution in [0.1, 0.15) is 54.3 Å². The molecule has 7 N–H and O–H groups in total. The van der Waals surface area contributed by atoms with E-state index in [-0.39, 0.29) is 28.6 Å². The normalized spacial score (nSPS) is 26.5.